The van der Waals surface area contributed by atoms with Gasteiger partial charge < -0.3 is 10.6 Å². The Morgan fingerprint density at radius 1 is 1.20 bits per heavy atom. The highest BCUT2D eigenvalue weighted by Crippen LogP contribution is 2.13. The zero-order chi connectivity index (χ0) is 17.5. The van der Waals surface area contributed by atoms with E-state index in [1.165, 1.54) is 5.56 Å². The summed E-state index contributed by atoms with van der Waals surface area (Å²) >= 11 is 0. The summed E-state index contributed by atoms with van der Waals surface area (Å²) in [5.41, 5.74) is 2.16. The molecule has 0 aliphatic carbocycles. The largest absolute Gasteiger partial charge is 0.335 e. The van der Waals surface area contributed by atoms with E-state index in [0.717, 1.165) is 38.2 Å². The van der Waals surface area contributed by atoms with Gasteiger partial charge in [0.05, 0.1) is 12.2 Å². The summed E-state index contributed by atoms with van der Waals surface area (Å²) in [4.78, 5) is 22.8. The average Bonchev–Trinajstić information content (AvgIpc) is 2.63. The van der Waals surface area contributed by atoms with Crippen molar-refractivity contribution < 1.29 is 4.79 Å². The van der Waals surface area contributed by atoms with Crippen LogP contribution in [0.2, 0.25) is 0 Å². The molecule has 2 amide bonds. The van der Waals surface area contributed by atoms with Crippen molar-refractivity contribution in [2.75, 3.05) is 13.1 Å². The minimum absolute atomic E-state index is 0.127. The number of carbonyl (C=O) groups excluding carboxylic acids is 1. The van der Waals surface area contributed by atoms with Crippen LogP contribution in [0.15, 0.2) is 42.6 Å². The molecule has 3 rings (SSSR count). The quantitative estimate of drug-likeness (QED) is 0.876. The zero-order valence-corrected chi connectivity index (χ0v) is 14.6. The fraction of sp³-hybridized carbons (Fsp3) is 0.421. The Hall–Kier alpha value is -2.47. The predicted molar refractivity (Wildman–Crippen MR) is 96.9 cm³/mol. The van der Waals surface area contributed by atoms with Crippen LogP contribution in [0, 0.1) is 6.92 Å². The van der Waals surface area contributed by atoms with Gasteiger partial charge in [-0.3, -0.25) is 4.90 Å². The molecule has 1 aliphatic rings. The summed E-state index contributed by atoms with van der Waals surface area (Å²) < 4.78 is 0. The molecule has 0 atom stereocenters. The number of nitrogens with one attached hydrogen (secondary N) is 2. The van der Waals surface area contributed by atoms with E-state index in [-0.39, 0.29) is 12.1 Å². The molecule has 1 aromatic carbocycles. The minimum atomic E-state index is -0.127. The molecule has 0 spiro atoms. The van der Waals surface area contributed by atoms with Gasteiger partial charge in [-0.15, -0.1) is 0 Å². The normalized spacial score (nSPS) is 15.7. The van der Waals surface area contributed by atoms with Gasteiger partial charge in [-0.05, 0) is 31.4 Å². The van der Waals surface area contributed by atoms with Crippen LogP contribution in [0.4, 0.5) is 4.79 Å². The Balaban J connectivity index is 1.37. The maximum atomic E-state index is 12.1. The highest BCUT2D eigenvalue weighted by Gasteiger charge is 2.20. The monoisotopic (exact) mass is 339 g/mol. The van der Waals surface area contributed by atoms with E-state index in [1.807, 2.05) is 19.1 Å². The number of piperidine rings is 1. The Bertz CT molecular complexity index is 683. The van der Waals surface area contributed by atoms with E-state index in [2.05, 4.69) is 49.8 Å². The van der Waals surface area contributed by atoms with E-state index < -0.39 is 0 Å². The molecule has 2 heterocycles. The molecule has 6 heteroatoms. The van der Waals surface area contributed by atoms with Gasteiger partial charge in [0.2, 0.25) is 0 Å². The molecule has 1 fully saturated rings. The van der Waals surface area contributed by atoms with Crippen LogP contribution in [0.3, 0.4) is 0 Å². The third-order valence-electron chi connectivity index (χ3n) is 4.44. The van der Waals surface area contributed by atoms with Gasteiger partial charge in [-0.25, -0.2) is 14.8 Å². The number of amides is 2. The van der Waals surface area contributed by atoms with Crippen LogP contribution < -0.4 is 10.6 Å². The highest BCUT2D eigenvalue weighted by molar-refractivity contribution is 5.74. The molecule has 25 heavy (non-hydrogen) atoms. The lowest BCUT2D eigenvalue weighted by Gasteiger charge is -2.32. The summed E-state index contributed by atoms with van der Waals surface area (Å²) in [7, 11) is 0. The SMILES string of the molecule is Cc1nccc(CNC(=O)NC2CCN(Cc3ccccc3)CC2)n1. The molecule has 0 saturated carbocycles. The molecule has 1 saturated heterocycles. The Morgan fingerprint density at radius 2 is 1.96 bits per heavy atom. The molecule has 0 radical (unpaired) electrons. The first-order chi connectivity index (χ1) is 12.2. The van der Waals surface area contributed by atoms with Crippen molar-refractivity contribution >= 4 is 6.03 Å². The van der Waals surface area contributed by atoms with E-state index in [4.69, 9.17) is 0 Å². The van der Waals surface area contributed by atoms with E-state index >= 15 is 0 Å². The predicted octanol–water partition coefficient (Wildman–Crippen LogP) is 2.25. The van der Waals surface area contributed by atoms with Crippen LogP contribution in [0.25, 0.3) is 0 Å². The standard InChI is InChI=1S/C19H25N5O/c1-15-20-10-7-18(22-15)13-21-19(25)23-17-8-11-24(12-9-17)14-16-5-3-2-4-6-16/h2-7,10,17H,8-9,11-14H2,1H3,(H2,21,23,25). The molecule has 0 bridgehead atoms. The van der Waals surface area contributed by atoms with Gasteiger partial charge in [0.15, 0.2) is 0 Å². The van der Waals surface area contributed by atoms with Gasteiger partial charge in [-0.2, -0.15) is 0 Å². The van der Waals surface area contributed by atoms with Crippen molar-refractivity contribution in [3.8, 4) is 0 Å². The van der Waals surface area contributed by atoms with Gasteiger partial charge >= 0.3 is 6.03 Å². The Kier molecular flexibility index (Phi) is 5.95. The lowest BCUT2D eigenvalue weighted by atomic mass is 10.0. The summed E-state index contributed by atoms with van der Waals surface area (Å²) in [6, 6.07) is 12.4. The second-order valence-corrected chi connectivity index (χ2v) is 6.46. The van der Waals surface area contributed by atoms with E-state index in [1.54, 1.807) is 6.20 Å². The number of carbonyl (C=O) groups is 1. The number of likely N-dealkylation sites (tertiary alicyclic amines) is 1. The smallest absolute Gasteiger partial charge is 0.315 e. The third-order valence-corrected chi connectivity index (χ3v) is 4.44. The number of nitrogens with zero attached hydrogens (tertiary/aromatic N) is 3. The van der Waals surface area contributed by atoms with Crippen molar-refractivity contribution in [2.24, 2.45) is 0 Å². The van der Waals surface area contributed by atoms with Crippen molar-refractivity contribution in [1.29, 1.82) is 0 Å². The number of rotatable bonds is 5. The number of aryl methyl sites for hydroxylation is 1. The number of aromatic nitrogens is 2. The molecular weight excluding hydrogens is 314 g/mol. The molecule has 132 valence electrons. The molecule has 2 aromatic rings. The second-order valence-electron chi connectivity index (χ2n) is 6.46. The number of benzene rings is 1. The van der Waals surface area contributed by atoms with Crippen molar-refractivity contribution in [2.45, 2.75) is 38.9 Å². The maximum Gasteiger partial charge on any atom is 0.315 e. The van der Waals surface area contributed by atoms with Crippen LogP contribution >= 0.6 is 0 Å². The first-order valence-corrected chi connectivity index (χ1v) is 8.78. The maximum absolute atomic E-state index is 12.1. The minimum Gasteiger partial charge on any atom is -0.335 e. The average molecular weight is 339 g/mol. The fourth-order valence-corrected chi connectivity index (χ4v) is 3.09. The number of hydrogen-bond acceptors (Lipinski definition) is 4. The van der Waals surface area contributed by atoms with Gasteiger partial charge in [-0.1, -0.05) is 30.3 Å². The summed E-state index contributed by atoms with van der Waals surface area (Å²) in [5, 5.41) is 5.94. The highest BCUT2D eigenvalue weighted by atomic mass is 16.2. The molecule has 6 nitrogen and oxygen atoms in total. The number of hydrogen-bond donors (Lipinski definition) is 2. The molecular formula is C19H25N5O. The number of urea groups is 1. The Labute approximate surface area is 148 Å². The van der Waals surface area contributed by atoms with Gasteiger partial charge in [0, 0.05) is 31.9 Å². The third kappa shape index (κ3) is 5.53. The van der Waals surface area contributed by atoms with Crippen molar-refractivity contribution in [1.82, 2.24) is 25.5 Å². The van der Waals surface area contributed by atoms with Crippen LogP contribution in [-0.4, -0.2) is 40.0 Å². The van der Waals surface area contributed by atoms with E-state index in [0.29, 0.717) is 12.4 Å². The lowest BCUT2D eigenvalue weighted by molar-refractivity contribution is 0.186. The summed E-state index contributed by atoms with van der Waals surface area (Å²) in [6.45, 7) is 5.25. The summed E-state index contributed by atoms with van der Waals surface area (Å²) in [6.07, 6.45) is 3.67. The van der Waals surface area contributed by atoms with Gasteiger partial charge in [0.25, 0.3) is 0 Å². The summed E-state index contributed by atoms with van der Waals surface area (Å²) in [5.74, 6) is 0.713. The van der Waals surface area contributed by atoms with Gasteiger partial charge in [0.1, 0.15) is 5.82 Å². The molecule has 0 unspecified atom stereocenters. The molecule has 1 aromatic heterocycles. The first-order valence-electron chi connectivity index (χ1n) is 8.78. The zero-order valence-electron chi connectivity index (χ0n) is 14.6. The lowest BCUT2D eigenvalue weighted by Crippen LogP contribution is -2.47. The Morgan fingerprint density at radius 3 is 2.68 bits per heavy atom. The van der Waals surface area contributed by atoms with Crippen molar-refractivity contribution in [3.63, 3.8) is 0 Å². The van der Waals surface area contributed by atoms with Crippen LogP contribution in [0.1, 0.15) is 29.9 Å². The molecule has 2 N–H and O–H groups in total. The topological polar surface area (TPSA) is 70.2 Å². The van der Waals surface area contributed by atoms with Crippen molar-refractivity contribution in [3.05, 3.63) is 59.7 Å². The van der Waals surface area contributed by atoms with Crippen LogP contribution in [0.5, 0.6) is 0 Å². The first kappa shape index (κ1) is 17.4. The molecule has 1 aliphatic heterocycles. The fourth-order valence-electron chi connectivity index (χ4n) is 3.09. The second kappa shape index (κ2) is 8.58. The van der Waals surface area contributed by atoms with Crippen LogP contribution in [-0.2, 0) is 13.1 Å². The van der Waals surface area contributed by atoms with E-state index in [9.17, 15) is 4.79 Å².